The zero-order valence-electron chi connectivity index (χ0n) is 17.7. The number of nitrogens with zero attached hydrogens (tertiary/aromatic N) is 2. The number of fused-ring (bicyclic) bond motifs is 1. The van der Waals surface area contributed by atoms with Crippen molar-refractivity contribution < 1.29 is 9.53 Å². The fraction of sp³-hybridized carbons (Fsp3) is 0.522. The number of hydrogen-bond acceptors (Lipinski definition) is 5. The highest BCUT2D eigenvalue weighted by Gasteiger charge is 2.42. The van der Waals surface area contributed by atoms with Crippen molar-refractivity contribution >= 4 is 16.7 Å². The third kappa shape index (κ3) is 4.47. The Morgan fingerprint density at radius 3 is 2.73 bits per heavy atom. The van der Waals surface area contributed by atoms with Gasteiger partial charge in [-0.25, -0.2) is 5.10 Å². The number of likely N-dealkylation sites (tertiary alicyclic amines) is 1. The predicted octanol–water partition coefficient (Wildman–Crippen LogP) is 2.63. The number of nitrogens with one attached hydrogen (secondary N) is 2. The number of H-pyrrole nitrogens is 1. The molecule has 7 heteroatoms. The SMILES string of the molecule is CC(C)=CCN1CCC2(CCC(CNC(=O)c3n[nH]c(=O)c4ccccc34)O2)CC1. The molecular weight excluding hydrogens is 380 g/mol. The van der Waals surface area contributed by atoms with Gasteiger partial charge < -0.3 is 10.1 Å². The summed E-state index contributed by atoms with van der Waals surface area (Å²) in [7, 11) is 0. The van der Waals surface area contributed by atoms with E-state index in [1.807, 2.05) is 0 Å². The minimum absolute atomic E-state index is 0.0207. The van der Waals surface area contributed by atoms with E-state index >= 15 is 0 Å². The Bertz CT molecular complexity index is 1000. The highest BCUT2D eigenvalue weighted by molar-refractivity contribution is 6.04. The average molecular weight is 411 g/mol. The van der Waals surface area contributed by atoms with Gasteiger partial charge in [-0.2, -0.15) is 5.10 Å². The normalized spacial score (nSPS) is 21.1. The molecular formula is C23H30N4O3. The van der Waals surface area contributed by atoms with Crippen LogP contribution in [-0.2, 0) is 4.74 Å². The summed E-state index contributed by atoms with van der Waals surface area (Å²) in [5.41, 5.74) is 1.26. The first kappa shape index (κ1) is 20.8. The van der Waals surface area contributed by atoms with Crippen molar-refractivity contribution in [1.29, 1.82) is 0 Å². The lowest BCUT2D eigenvalue weighted by Gasteiger charge is -2.39. The van der Waals surface area contributed by atoms with Gasteiger partial charge in [-0.3, -0.25) is 14.5 Å². The molecule has 3 heterocycles. The van der Waals surface area contributed by atoms with E-state index in [9.17, 15) is 9.59 Å². The Labute approximate surface area is 176 Å². The van der Waals surface area contributed by atoms with Gasteiger partial charge in [-0.1, -0.05) is 29.8 Å². The summed E-state index contributed by atoms with van der Waals surface area (Å²) in [6.07, 6.45) is 6.38. The molecule has 1 atom stereocenters. The first-order valence-electron chi connectivity index (χ1n) is 10.7. The summed E-state index contributed by atoms with van der Waals surface area (Å²) in [6.45, 7) is 7.84. The number of benzene rings is 1. The molecule has 1 amide bonds. The van der Waals surface area contributed by atoms with Crippen molar-refractivity contribution in [2.45, 2.75) is 51.2 Å². The van der Waals surface area contributed by atoms with E-state index in [2.05, 4.69) is 40.3 Å². The molecule has 0 bridgehead atoms. The van der Waals surface area contributed by atoms with E-state index < -0.39 is 0 Å². The maximum absolute atomic E-state index is 12.7. The lowest BCUT2D eigenvalue weighted by Crippen LogP contribution is -2.45. The van der Waals surface area contributed by atoms with Crippen molar-refractivity contribution in [3.63, 3.8) is 0 Å². The van der Waals surface area contributed by atoms with Crippen LogP contribution in [0, 0.1) is 0 Å². The Kier molecular flexibility index (Phi) is 6.01. The highest BCUT2D eigenvalue weighted by atomic mass is 16.5. The van der Waals surface area contributed by atoms with Crippen LogP contribution in [0.15, 0.2) is 40.7 Å². The number of rotatable bonds is 5. The second kappa shape index (κ2) is 8.70. The Morgan fingerprint density at radius 1 is 1.27 bits per heavy atom. The van der Waals surface area contributed by atoms with Crippen LogP contribution in [0.25, 0.3) is 10.8 Å². The molecule has 2 aromatic rings. The predicted molar refractivity (Wildman–Crippen MR) is 117 cm³/mol. The monoisotopic (exact) mass is 410 g/mol. The molecule has 1 aromatic carbocycles. The number of carbonyl (C=O) groups excluding carboxylic acids is 1. The zero-order chi connectivity index (χ0) is 21.1. The van der Waals surface area contributed by atoms with Crippen molar-refractivity contribution in [2.75, 3.05) is 26.2 Å². The van der Waals surface area contributed by atoms with Crippen molar-refractivity contribution in [3.05, 3.63) is 52.0 Å². The van der Waals surface area contributed by atoms with Gasteiger partial charge in [0.2, 0.25) is 0 Å². The topological polar surface area (TPSA) is 87.3 Å². The van der Waals surface area contributed by atoms with Gasteiger partial charge in [-0.15, -0.1) is 0 Å². The average Bonchev–Trinajstić information content (AvgIpc) is 3.14. The quantitative estimate of drug-likeness (QED) is 0.740. The first-order chi connectivity index (χ1) is 14.5. The molecule has 1 unspecified atom stereocenters. The molecule has 1 aromatic heterocycles. The third-order valence-corrected chi connectivity index (χ3v) is 6.27. The Hall–Kier alpha value is -2.51. The maximum Gasteiger partial charge on any atom is 0.272 e. The van der Waals surface area contributed by atoms with Gasteiger partial charge in [0.15, 0.2) is 5.69 Å². The zero-order valence-corrected chi connectivity index (χ0v) is 17.7. The number of piperidine rings is 1. The molecule has 0 radical (unpaired) electrons. The first-order valence-corrected chi connectivity index (χ1v) is 10.7. The number of aromatic amines is 1. The molecule has 160 valence electrons. The Balaban J connectivity index is 1.32. The summed E-state index contributed by atoms with van der Waals surface area (Å²) in [5.74, 6) is -0.288. The van der Waals surface area contributed by atoms with Gasteiger partial charge in [0, 0.05) is 31.6 Å². The molecule has 7 nitrogen and oxygen atoms in total. The summed E-state index contributed by atoms with van der Waals surface area (Å²) in [6, 6.07) is 7.01. The molecule has 4 rings (SSSR count). The molecule has 30 heavy (non-hydrogen) atoms. The summed E-state index contributed by atoms with van der Waals surface area (Å²) >= 11 is 0. The van der Waals surface area contributed by atoms with Gasteiger partial charge in [0.05, 0.1) is 17.1 Å². The second-order valence-corrected chi connectivity index (χ2v) is 8.70. The van der Waals surface area contributed by atoms with E-state index in [1.54, 1.807) is 24.3 Å². The van der Waals surface area contributed by atoms with E-state index in [0.29, 0.717) is 17.3 Å². The molecule has 2 N–H and O–H groups in total. The van der Waals surface area contributed by atoms with E-state index in [1.165, 1.54) is 5.57 Å². The number of aromatic nitrogens is 2. The van der Waals surface area contributed by atoms with E-state index in [0.717, 1.165) is 45.3 Å². The third-order valence-electron chi connectivity index (χ3n) is 6.27. The standard InChI is InChI=1S/C23H30N4O3/c1-16(2)8-12-27-13-10-23(11-14-27)9-7-17(30-23)15-24-22(29)20-18-5-3-4-6-19(18)21(28)26-25-20/h3-6,8,17H,7,9-15H2,1-2H3,(H,24,29)(H,26,28). The number of carbonyl (C=O) groups is 1. The maximum atomic E-state index is 12.7. The number of hydrogen-bond donors (Lipinski definition) is 2. The van der Waals surface area contributed by atoms with Gasteiger partial charge >= 0.3 is 0 Å². The van der Waals surface area contributed by atoms with Gasteiger partial charge in [-0.05, 0) is 45.6 Å². The molecule has 2 saturated heterocycles. The van der Waals surface area contributed by atoms with Crippen LogP contribution < -0.4 is 10.9 Å². The molecule has 2 fully saturated rings. The number of ether oxygens (including phenoxy) is 1. The molecule has 2 aliphatic rings. The van der Waals surface area contributed by atoms with Gasteiger partial charge in [0.25, 0.3) is 11.5 Å². The molecule has 0 aliphatic carbocycles. The highest BCUT2D eigenvalue weighted by Crippen LogP contribution is 2.38. The lowest BCUT2D eigenvalue weighted by atomic mass is 9.88. The van der Waals surface area contributed by atoms with Crippen LogP contribution in [-0.4, -0.2) is 58.9 Å². The molecule has 1 spiro atoms. The van der Waals surface area contributed by atoms with E-state index in [-0.39, 0.29) is 28.9 Å². The minimum Gasteiger partial charge on any atom is -0.370 e. The largest absolute Gasteiger partial charge is 0.370 e. The molecule has 0 saturated carbocycles. The van der Waals surface area contributed by atoms with Gasteiger partial charge in [0.1, 0.15) is 0 Å². The summed E-state index contributed by atoms with van der Waals surface area (Å²) < 4.78 is 6.42. The fourth-order valence-electron chi connectivity index (χ4n) is 4.44. The summed E-state index contributed by atoms with van der Waals surface area (Å²) in [5, 5.41) is 10.4. The second-order valence-electron chi connectivity index (χ2n) is 8.70. The number of allylic oxidation sites excluding steroid dienone is 1. The van der Waals surface area contributed by atoms with Crippen LogP contribution in [0.1, 0.15) is 50.0 Å². The fourth-order valence-corrected chi connectivity index (χ4v) is 4.44. The van der Waals surface area contributed by atoms with E-state index in [4.69, 9.17) is 4.74 Å². The smallest absolute Gasteiger partial charge is 0.272 e. The van der Waals surface area contributed by atoms with Crippen LogP contribution in [0.2, 0.25) is 0 Å². The van der Waals surface area contributed by atoms with Crippen molar-refractivity contribution in [3.8, 4) is 0 Å². The van der Waals surface area contributed by atoms with Crippen molar-refractivity contribution in [2.24, 2.45) is 0 Å². The minimum atomic E-state index is -0.292. The Morgan fingerprint density at radius 2 is 2.00 bits per heavy atom. The van der Waals surface area contributed by atoms with Crippen LogP contribution in [0.3, 0.4) is 0 Å². The summed E-state index contributed by atoms with van der Waals surface area (Å²) in [4.78, 5) is 27.1. The lowest BCUT2D eigenvalue weighted by molar-refractivity contribution is -0.0741. The number of amides is 1. The van der Waals surface area contributed by atoms with Crippen LogP contribution in [0.5, 0.6) is 0 Å². The molecule has 2 aliphatic heterocycles. The van der Waals surface area contributed by atoms with Crippen molar-refractivity contribution in [1.82, 2.24) is 20.4 Å². The van der Waals surface area contributed by atoms with Crippen LogP contribution >= 0.6 is 0 Å². The van der Waals surface area contributed by atoms with Crippen LogP contribution in [0.4, 0.5) is 0 Å².